The molecule has 11 heavy (non-hydrogen) atoms. The van der Waals surface area contributed by atoms with E-state index in [-0.39, 0.29) is 12.0 Å². The molecule has 1 aliphatic heterocycles. The molecule has 0 unspecified atom stereocenters. The van der Waals surface area contributed by atoms with Crippen molar-refractivity contribution in [1.82, 2.24) is 5.32 Å². The predicted octanol–water partition coefficient (Wildman–Crippen LogP) is 0.993. The number of hydrogen-bond donors (Lipinski definition) is 2. The van der Waals surface area contributed by atoms with Crippen LogP contribution in [0.1, 0.15) is 32.6 Å². The Bertz CT molecular complexity index is 150. The van der Waals surface area contributed by atoms with Crippen LogP contribution in [0.15, 0.2) is 0 Å². The summed E-state index contributed by atoms with van der Waals surface area (Å²) in [6.07, 6.45) is 3.32. The number of hydrogen-bond acceptors (Lipinski definition) is 2. The maximum absolute atomic E-state index is 10.3. The number of carbonyl (C=O) groups is 1. The molecule has 64 valence electrons. The lowest BCUT2D eigenvalue weighted by Gasteiger charge is -2.22. The summed E-state index contributed by atoms with van der Waals surface area (Å²) >= 11 is 0. The largest absolute Gasteiger partial charge is 0.481 e. The van der Waals surface area contributed by atoms with Crippen LogP contribution in [0.3, 0.4) is 0 Å². The van der Waals surface area contributed by atoms with Crippen LogP contribution in [-0.2, 0) is 4.79 Å². The number of carboxylic acid groups (broad SMARTS) is 1. The Labute approximate surface area is 66.8 Å². The molecule has 1 atom stereocenters. The molecule has 1 fully saturated rings. The summed E-state index contributed by atoms with van der Waals surface area (Å²) in [5, 5.41) is 11.8. The zero-order valence-corrected chi connectivity index (χ0v) is 6.89. The van der Waals surface area contributed by atoms with Crippen molar-refractivity contribution in [2.75, 3.05) is 6.54 Å². The Morgan fingerprint density at radius 1 is 1.73 bits per heavy atom. The van der Waals surface area contributed by atoms with Gasteiger partial charge in [-0.3, -0.25) is 4.79 Å². The Balaban J connectivity index is 2.28. The Kier molecular flexibility index (Phi) is 2.49. The summed E-state index contributed by atoms with van der Waals surface area (Å²) in [6.45, 7) is 3.14. The molecule has 1 heterocycles. The average Bonchev–Trinajstić information content (AvgIpc) is 2.33. The minimum atomic E-state index is -0.695. The normalized spacial score (nSPS) is 30.6. The van der Waals surface area contributed by atoms with E-state index in [1.54, 1.807) is 0 Å². The van der Waals surface area contributed by atoms with Gasteiger partial charge in [0.15, 0.2) is 0 Å². The highest BCUT2D eigenvalue weighted by atomic mass is 16.4. The van der Waals surface area contributed by atoms with Gasteiger partial charge in [-0.2, -0.15) is 0 Å². The fourth-order valence-electron chi connectivity index (χ4n) is 1.55. The van der Waals surface area contributed by atoms with E-state index in [1.807, 2.05) is 0 Å². The monoisotopic (exact) mass is 157 g/mol. The summed E-state index contributed by atoms with van der Waals surface area (Å²) in [4.78, 5) is 10.3. The summed E-state index contributed by atoms with van der Waals surface area (Å²) in [5.74, 6) is -0.695. The first-order chi connectivity index (χ1) is 5.12. The molecule has 1 aliphatic rings. The molecule has 1 rings (SSSR count). The Hall–Kier alpha value is -0.570. The molecule has 0 aromatic carbocycles. The van der Waals surface area contributed by atoms with Gasteiger partial charge in [-0.1, -0.05) is 0 Å². The molecule has 0 aliphatic carbocycles. The van der Waals surface area contributed by atoms with Crippen LogP contribution in [0.4, 0.5) is 0 Å². The first kappa shape index (κ1) is 8.53. The van der Waals surface area contributed by atoms with E-state index in [9.17, 15) is 4.79 Å². The lowest BCUT2D eigenvalue weighted by Crippen LogP contribution is -2.36. The van der Waals surface area contributed by atoms with Crippen molar-refractivity contribution in [3.63, 3.8) is 0 Å². The van der Waals surface area contributed by atoms with Gasteiger partial charge >= 0.3 is 5.97 Å². The van der Waals surface area contributed by atoms with Crippen LogP contribution < -0.4 is 5.32 Å². The maximum atomic E-state index is 10.3. The summed E-state index contributed by atoms with van der Waals surface area (Å²) in [7, 11) is 0. The van der Waals surface area contributed by atoms with Crippen molar-refractivity contribution in [2.24, 2.45) is 0 Å². The molecule has 0 aromatic rings. The molecule has 3 nitrogen and oxygen atoms in total. The Morgan fingerprint density at radius 3 is 2.91 bits per heavy atom. The zero-order chi connectivity index (χ0) is 8.32. The third kappa shape index (κ3) is 2.50. The summed E-state index contributed by atoms with van der Waals surface area (Å²) < 4.78 is 0. The fraction of sp³-hybridized carbons (Fsp3) is 0.875. The second-order valence-electron chi connectivity index (χ2n) is 3.48. The first-order valence-corrected chi connectivity index (χ1v) is 4.09. The van der Waals surface area contributed by atoms with E-state index in [0.717, 1.165) is 19.4 Å². The average molecular weight is 157 g/mol. The zero-order valence-electron chi connectivity index (χ0n) is 6.89. The van der Waals surface area contributed by atoms with Crippen molar-refractivity contribution in [3.05, 3.63) is 0 Å². The third-order valence-corrected chi connectivity index (χ3v) is 2.35. The van der Waals surface area contributed by atoms with Crippen molar-refractivity contribution in [1.29, 1.82) is 0 Å². The van der Waals surface area contributed by atoms with Gasteiger partial charge < -0.3 is 10.4 Å². The van der Waals surface area contributed by atoms with Crippen LogP contribution >= 0.6 is 0 Å². The van der Waals surface area contributed by atoms with Gasteiger partial charge in [0.05, 0.1) is 0 Å². The van der Waals surface area contributed by atoms with Crippen molar-refractivity contribution < 1.29 is 9.90 Å². The molecular weight excluding hydrogens is 142 g/mol. The summed E-state index contributed by atoms with van der Waals surface area (Å²) in [5.41, 5.74) is 0.0956. The van der Waals surface area contributed by atoms with Gasteiger partial charge in [0.2, 0.25) is 0 Å². The molecule has 1 saturated heterocycles. The van der Waals surface area contributed by atoms with Gasteiger partial charge in [0.1, 0.15) is 0 Å². The van der Waals surface area contributed by atoms with E-state index in [1.165, 1.54) is 6.42 Å². The molecule has 3 heteroatoms. The molecule has 0 aromatic heterocycles. The van der Waals surface area contributed by atoms with E-state index in [4.69, 9.17) is 5.11 Å². The van der Waals surface area contributed by atoms with E-state index in [0.29, 0.717) is 0 Å². The third-order valence-electron chi connectivity index (χ3n) is 2.35. The van der Waals surface area contributed by atoms with E-state index >= 15 is 0 Å². The van der Waals surface area contributed by atoms with Crippen LogP contribution in [0, 0.1) is 0 Å². The molecule has 0 bridgehead atoms. The van der Waals surface area contributed by atoms with Crippen molar-refractivity contribution in [2.45, 2.75) is 38.1 Å². The molecular formula is C8H15NO2. The number of carboxylic acids is 1. The minimum absolute atomic E-state index is 0.0956. The van der Waals surface area contributed by atoms with Crippen LogP contribution in [0.2, 0.25) is 0 Å². The van der Waals surface area contributed by atoms with Crippen molar-refractivity contribution >= 4 is 5.97 Å². The van der Waals surface area contributed by atoms with Gasteiger partial charge in [-0.15, -0.1) is 0 Å². The quantitative estimate of drug-likeness (QED) is 0.642. The minimum Gasteiger partial charge on any atom is -0.481 e. The molecule has 0 amide bonds. The van der Waals surface area contributed by atoms with Crippen LogP contribution in [0.25, 0.3) is 0 Å². The van der Waals surface area contributed by atoms with Crippen LogP contribution in [0.5, 0.6) is 0 Å². The van der Waals surface area contributed by atoms with Gasteiger partial charge in [0.25, 0.3) is 0 Å². The molecule has 0 radical (unpaired) electrons. The number of aliphatic carboxylic acids is 1. The molecule has 0 spiro atoms. The van der Waals surface area contributed by atoms with Gasteiger partial charge in [0, 0.05) is 12.0 Å². The number of rotatable bonds is 3. The summed E-state index contributed by atoms with van der Waals surface area (Å²) in [6, 6.07) is 0. The van der Waals surface area contributed by atoms with Gasteiger partial charge in [-0.05, 0) is 32.7 Å². The second kappa shape index (κ2) is 3.22. The number of nitrogens with one attached hydrogen (secondary N) is 1. The highest BCUT2D eigenvalue weighted by Gasteiger charge is 2.27. The van der Waals surface area contributed by atoms with E-state index in [2.05, 4.69) is 12.2 Å². The lowest BCUT2D eigenvalue weighted by molar-refractivity contribution is -0.137. The molecule has 0 saturated carbocycles. The SMILES string of the molecule is C[C@@]1(CCC(=O)O)CCCN1. The fourth-order valence-corrected chi connectivity index (χ4v) is 1.55. The first-order valence-electron chi connectivity index (χ1n) is 4.09. The highest BCUT2D eigenvalue weighted by Crippen LogP contribution is 2.23. The smallest absolute Gasteiger partial charge is 0.303 e. The van der Waals surface area contributed by atoms with Gasteiger partial charge in [-0.25, -0.2) is 0 Å². The predicted molar refractivity (Wildman–Crippen MR) is 42.5 cm³/mol. The second-order valence-corrected chi connectivity index (χ2v) is 3.48. The Morgan fingerprint density at radius 2 is 2.45 bits per heavy atom. The maximum Gasteiger partial charge on any atom is 0.303 e. The van der Waals surface area contributed by atoms with E-state index < -0.39 is 5.97 Å². The standard InChI is InChI=1S/C8H15NO2/c1-8(4-2-6-9-8)5-3-7(10)11/h9H,2-6H2,1H3,(H,10,11)/t8-/m0/s1. The van der Waals surface area contributed by atoms with Crippen molar-refractivity contribution in [3.8, 4) is 0 Å². The highest BCUT2D eigenvalue weighted by molar-refractivity contribution is 5.66. The topological polar surface area (TPSA) is 49.3 Å². The van der Waals surface area contributed by atoms with Crippen LogP contribution in [-0.4, -0.2) is 23.2 Å². The molecule has 2 N–H and O–H groups in total. The lowest BCUT2D eigenvalue weighted by atomic mass is 9.94.